The molecule has 0 bridgehead atoms. The first-order chi connectivity index (χ1) is 16.9. The van der Waals surface area contributed by atoms with Gasteiger partial charge in [0.2, 0.25) is 10.0 Å². The van der Waals surface area contributed by atoms with Gasteiger partial charge in [0.25, 0.3) is 5.91 Å². The van der Waals surface area contributed by atoms with Crippen molar-refractivity contribution in [2.24, 2.45) is 16.8 Å². The van der Waals surface area contributed by atoms with Gasteiger partial charge >= 0.3 is 0 Å². The average molecular weight is 532 g/mol. The van der Waals surface area contributed by atoms with Gasteiger partial charge < -0.3 is 9.30 Å². The molecule has 1 aromatic heterocycles. The van der Waals surface area contributed by atoms with Crippen molar-refractivity contribution in [1.82, 2.24) is 8.87 Å². The molecular weight excluding hydrogens is 494 g/mol. The fraction of sp³-hybridized carbons (Fsp3) is 0.481. The lowest BCUT2D eigenvalue weighted by Crippen LogP contribution is -2.37. The summed E-state index contributed by atoms with van der Waals surface area (Å²) in [5.74, 6) is 0.000639. The van der Waals surface area contributed by atoms with Crippen LogP contribution in [0.4, 0.5) is 0 Å². The second kappa shape index (κ2) is 11.8. The number of aromatic nitrogens is 1. The molecule has 0 atom stereocenters. The third kappa shape index (κ3) is 6.51. The SMILES string of the molecule is COCCn1c(=NC(=O)c2ccc(S(=O)(=O)N(CC(C)C)CC(C)C)cc2)sc2cc(C)cc(C)c21. The van der Waals surface area contributed by atoms with E-state index >= 15 is 0 Å². The highest BCUT2D eigenvalue weighted by molar-refractivity contribution is 7.89. The van der Waals surface area contributed by atoms with Gasteiger partial charge in [-0.15, -0.1) is 0 Å². The van der Waals surface area contributed by atoms with Crippen molar-refractivity contribution in [1.29, 1.82) is 0 Å². The number of aryl methyl sites for hydroxylation is 2. The molecule has 0 aliphatic rings. The van der Waals surface area contributed by atoms with E-state index in [0.29, 0.717) is 36.6 Å². The molecule has 0 aliphatic carbocycles. The van der Waals surface area contributed by atoms with Crippen LogP contribution in [0.3, 0.4) is 0 Å². The Morgan fingerprint density at radius 1 is 1.06 bits per heavy atom. The molecule has 0 spiro atoms. The summed E-state index contributed by atoms with van der Waals surface area (Å²) in [5, 5.41) is 0. The topological polar surface area (TPSA) is 81.0 Å². The Labute approximate surface area is 218 Å². The van der Waals surface area contributed by atoms with E-state index < -0.39 is 15.9 Å². The number of hydrogen-bond acceptors (Lipinski definition) is 5. The van der Waals surface area contributed by atoms with Crippen molar-refractivity contribution < 1.29 is 17.9 Å². The molecule has 7 nitrogen and oxygen atoms in total. The Morgan fingerprint density at radius 3 is 2.22 bits per heavy atom. The fourth-order valence-corrected chi connectivity index (χ4v) is 7.22. The standard InChI is InChI=1S/C27H37N3O4S2/c1-18(2)16-29(17-19(3)4)36(32,33)23-10-8-22(9-11-23)26(31)28-27-30(12-13-34-7)25-21(6)14-20(5)15-24(25)35-27/h8-11,14-15,18-19H,12-13,16-17H2,1-7H3. The number of carbonyl (C=O) groups is 1. The third-order valence-corrected chi connectivity index (χ3v) is 8.58. The van der Waals surface area contributed by atoms with Crippen LogP contribution in [0.2, 0.25) is 0 Å². The van der Waals surface area contributed by atoms with E-state index in [-0.39, 0.29) is 16.7 Å². The number of hydrogen-bond donors (Lipinski definition) is 0. The molecule has 196 valence electrons. The molecule has 3 aromatic rings. The molecule has 9 heteroatoms. The van der Waals surface area contributed by atoms with Gasteiger partial charge in [-0.05, 0) is 67.1 Å². The number of rotatable bonds is 10. The minimum absolute atomic E-state index is 0.184. The number of carbonyl (C=O) groups excluding carboxylic acids is 1. The van der Waals surface area contributed by atoms with Crippen LogP contribution in [0.25, 0.3) is 10.2 Å². The van der Waals surface area contributed by atoms with Gasteiger partial charge in [-0.1, -0.05) is 45.1 Å². The Balaban J connectivity index is 1.97. The summed E-state index contributed by atoms with van der Waals surface area (Å²) in [7, 11) is -2.01. The predicted octanol–water partition coefficient (Wildman–Crippen LogP) is 5.01. The molecule has 0 fully saturated rings. The Kier molecular flexibility index (Phi) is 9.27. The maximum Gasteiger partial charge on any atom is 0.279 e. The first-order valence-electron chi connectivity index (χ1n) is 12.2. The number of sulfonamides is 1. The molecule has 36 heavy (non-hydrogen) atoms. The van der Waals surface area contributed by atoms with Gasteiger partial charge in [-0.2, -0.15) is 9.30 Å². The fourth-order valence-electron chi connectivity index (χ4n) is 4.22. The van der Waals surface area contributed by atoms with Crippen molar-refractivity contribution >= 4 is 37.5 Å². The molecule has 3 rings (SSSR count). The summed E-state index contributed by atoms with van der Waals surface area (Å²) in [4.78, 5) is 18.3. The zero-order chi connectivity index (χ0) is 26.6. The maximum atomic E-state index is 13.3. The lowest BCUT2D eigenvalue weighted by atomic mass is 10.1. The van der Waals surface area contributed by atoms with E-state index in [2.05, 4.69) is 24.0 Å². The summed E-state index contributed by atoms with van der Waals surface area (Å²) < 4.78 is 36.5. The van der Waals surface area contributed by atoms with Crippen molar-refractivity contribution in [3.05, 3.63) is 57.9 Å². The summed E-state index contributed by atoms with van der Waals surface area (Å²) in [6.45, 7) is 14.1. The van der Waals surface area contributed by atoms with Crippen LogP contribution >= 0.6 is 11.3 Å². The molecule has 0 N–H and O–H groups in total. The van der Waals surface area contributed by atoms with Crippen molar-refractivity contribution in [3.8, 4) is 0 Å². The number of ether oxygens (including phenoxy) is 1. The number of thiazole rings is 1. The summed E-state index contributed by atoms with van der Waals surface area (Å²) in [6, 6.07) is 10.3. The van der Waals surface area contributed by atoms with E-state index in [4.69, 9.17) is 4.74 Å². The second-order valence-corrected chi connectivity index (χ2v) is 13.0. The number of fused-ring (bicyclic) bond motifs is 1. The van der Waals surface area contributed by atoms with Gasteiger partial charge in [0.05, 0.1) is 21.7 Å². The molecule has 0 saturated heterocycles. The van der Waals surface area contributed by atoms with Gasteiger partial charge in [0.15, 0.2) is 4.80 Å². The second-order valence-electron chi connectivity index (χ2n) is 10.0. The van der Waals surface area contributed by atoms with Crippen molar-refractivity contribution in [2.45, 2.75) is 53.0 Å². The first kappa shape index (κ1) is 28.2. The Bertz CT molecular complexity index is 1370. The molecule has 0 radical (unpaired) electrons. The van der Waals surface area contributed by atoms with Crippen LogP contribution in [-0.2, 0) is 21.3 Å². The van der Waals surface area contributed by atoms with E-state index in [1.165, 1.54) is 27.8 Å². The van der Waals surface area contributed by atoms with Gasteiger partial charge in [-0.3, -0.25) is 4.79 Å². The predicted molar refractivity (Wildman–Crippen MR) is 146 cm³/mol. The van der Waals surface area contributed by atoms with E-state index in [1.54, 1.807) is 19.2 Å². The maximum absolute atomic E-state index is 13.3. The molecule has 1 heterocycles. The van der Waals surface area contributed by atoms with Crippen molar-refractivity contribution in [3.63, 3.8) is 0 Å². The van der Waals surface area contributed by atoms with Gasteiger partial charge in [0.1, 0.15) is 0 Å². The molecule has 0 unspecified atom stereocenters. The number of methoxy groups -OCH3 is 1. The van der Waals surface area contributed by atoms with Crippen LogP contribution < -0.4 is 4.80 Å². The summed E-state index contributed by atoms with van der Waals surface area (Å²) >= 11 is 1.47. The third-order valence-electron chi connectivity index (χ3n) is 5.70. The monoisotopic (exact) mass is 531 g/mol. The molecule has 2 aromatic carbocycles. The lowest BCUT2D eigenvalue weighted by molar-refractivity contribution is 0.0997. The Hall–Kier alpha value is -2.33. The number of nitrogens with zero attached hydrogens (tertiary/aromatic N) is 3. The minimum atomic E-state index is -3.66. The highest BCUT2D eigenvalue weighted by Gasteiger charge is 2.26. The Morgan fingerprint density at radius 2 is 1.67 bits per heavy atom. The quantitative estimate of drug-likeness (QED) is 0.368. The summed E-state index contributed by atoms with van der Waals surface area (Å²) in [5.41, 5.74) is 3.66. The van der Waals surface area contributed by atoms with Crippen LogP contribution in [0.15, 0.2) is 46.3 Å². The highest BCUT2D eigenvalue weighted by Crippen LogP contribution is 2.24. The van der Waals surface area contributed by atoms with E-state index in [9.17, 15) is 13.2 Å². The number of benzene rings is 2. The van der Waals surface area contributed by atoms with Crippen LogP contribution in [0.5, 0.6) is 0 Å². The minimum Gasteiger partial charge on any atom is -0.383 e. The van der Waals surface area contributed by atoms with E-state index in [0.717, 1.165) is 21.3 Å². The smallest absolute Gasteiger partial charge is 0.279 e. The first-order valence-corrected chi connectivity index (χ1v) is 14.5. The zero-order valence-electron chi connectivity index (χ0n) is 22.2. The van der Waals surface area contributed by atoms with Crippen LogP contribution in [0.1, 0.15) is 49.2 Å². The normalized spacial score (nSPS) is 13.0. The lowest BCUT2D eigenvalue weighted by Gasteiger charge is -2.25. The summed E-state index contributed by atoms with van der Waals surface area (Å²) in [6.07, 6.45) is 0. The number of amides is 1. The molecule has 1 amide bonds. The highest BCUT2D eigenvalue weighted by atomic mass is 32.2. The molecule has 0 saturated carbocycles. The molecular formula is C27H37N3O4S2. The molecule has 0 aliphatic heterocycles. The van der Waals surface area contributed by atoms with Crippen LogP contribution in [0, 0.1) is 25.7 Å². The largest absolute Gasteiger partial charge is 0.383 e. The van der Waals surface area contributed by atoms with Gasteiger partial charge in [-0.25, -0.2) is 8.42 Å². The van der Waals surface area contributed by atoms with Crippen molar-refractivity contribution in [2.75, 3.05) is 26.8 Å². The van der Waals surface area contributed by atoms with Crippen LogP contribution in [-0.4, -0.2) is 50.0 Å². The average Bonchev–Trinajstić information content (AvgIpc) is 3.13. The zero-order valence-corrected chi connectivity index (χ0v) is 23.9. The van der Waals surface area contributed by atoms with Gasteiger partial charge in [0, 0.05) is 32.3 Å². The van der Waals surface area contributed by atoms with E-state index in [1.807, 2.05) is 39.2 Å².